The van der Waals surface area contributed by atoms with Crippen LogP contribution in [0, 0.1) is 0 Å². The zero-order valence-electron chi connectivity index (χ0n) is 9.67. The summed E-state index contributed by atoms with van der Waals surface area (Å²) in [6, 6.07) is 1.50. The van der Waals surface area contributed by atoms with E-state index in [0.717, 1.165) is 39.3 Å². The second-order valence-corrected chi connectivity index (χ2v) is 4.26. The Morgan fingerprint density at radius 2 is 2.00 bits per heavy atom. The molecule has 0 aromatic carbocycles. The van der Waals surface area contributed by atoms with Gasteiger partial charge in [0.05, 0.1) is 6.33 Å². The minimum atomic E-state index is 0.0316. The minimum Gasteiger partial charge on any atom is -0.304 e. The molecule has 0 bridgehead atoms. The number of rotatable bonds is 3. The summed E-state index contributed by atoms with van der Waals surface area (Å²) in [5.41, 5.74) is 0.0316. The Morgan fingerprint density at radius 1 is 1.25 bits per heavy atom. The van der Waals surface area contributed by atoms with Crippen molar-refractivity contribution in [2.24, 2.45) is 0 Å². The molecule has 2 rings (SSSR count). The largest absolute Gasteiger partial charge is 0.304 e. The van der Waals surface area contributed by atoms with Crippen LogP contribution in [0.3, 0.4) is 0 Å². The van der Waals surface area contributed by atoms with Crippen molar-refractivity contribution in [3.05, 3.63) is 28.9 Å². The van der Waals surface area contributed by atoms with E-state index in [0.29, 0.717) is 0 Å². The summed E-state index contributed by atoms with van der Waals surface area (Å²) in [6.45, 7) is 6.07. The number of nitrogens with zero attached hydrogens (tertiary/aromatic N) is 4. The van der Waals surface area contributed by atoms with E-state index in [2.05, 4.69) is 21.8 Å². The average molecular weight is 222 g/mol. The van der Waals surface area contributed by atoms with Gasteiger partial charge in [-0.25, -0.2) is 4.98 Å². The summed E-state index contributed by atoms with van der Waals surface area (Å²) in [6.07, 6.45) is 3.15. The van der Waals surface area contributed by atoms with Gasteiger partial charge >= 0.3 is 0 Å². The van der Waals surface area contributed by atoms with Crippen molar-refractivity contribution < 1.29 is 0 Å². The monoisotopic (exact) mass is 222 g/mol. The van der Waals surface area contributed by atoms with Crippen LogP contribution in [0.4, 0.5) is 0 Å². The lowest BCUT2D eigenvalue weighted by Gasteiger charge is -2.32. The molecule has 0 spiro atoms. The molecule has 0 aliphatic carbocycles. The van der Waals surface area contributed by atoms with Gasteiger partial charge in [-0.3, -0.25) is 14.3 Å². The number of hydrogen-bond acceptors (Lipinski definition) is 4. The van der Waals surface area contributed by atoms with Crippen LogP contribution in [0.5, 0.6) is 0 Å². The molecule has 1 saturated heterocycles. The lowest BCUT2D eigenvalue weighted by molar-refractivity contribution is 0.149. The van der Waals surface area contributed by atoms with Crippen molar-refractivity contribution >= 4 is 0 Å². The molecule has 1 aromatic heterocycles. The molecule has 0 atom stereocenters. The van der Waals surface area contributed by atoms with Crippen LogP contribution in [0.25, 0.3) is 0 Å². The minimum absolute atomic E-state index is 0.0316. The smallest absolute Gasteiger partial charge is 0.253 e. The maximum atomic E-state index is 11.4. The molecule has 0 N–H and O–H groups in total. The summed E-state index contributed by atoms with van der Waals surface area (Å²) < 4.78 is 1.66. The first kappa shape index (κ1) is 11.3. The SMILES string of the molecule is CN1CCN(CCn2cnccc2=O)CC1. The zero-order chi connectivity index (χ0) is 11.4. The Morgan fingerprint density at radius 3 is 2.69 bits per heavy atom. The highest BCUT2D eigenvalue weighted by Gasteiger charge is 2.13. The molecule has 0 amide bonds. The first-order valence-electron chi connectivity index (χ1n) is 5.67. The van der Waals surface area contributed by atoms with Gasteiger partial charge in [0.15, 0.2) is 0 Å². The van der Waals surface area contributed by atoms with Gasteiger partial charge in [0.2, 0.25) is 0 Å². The number of likely N-dealkylation sites (N-methyl/N-ethyl adjacent to an activating group) is 1. The Balaban J connectivity index is 1.84. The average Bonchev–Trinajstić information content (AvgIpc) is 2.30. The van der Waals surface area contributed by atoms with E-state index >= 15 is 0 Å². The van der Waals surface area contributed by atoms with Crippen molar-refractivity contribution in [1.29, 1.82) is 0 Å². The van der Waals surface area contributed by atoms with E-state index < -0.39 is 0 Å². The van der Waals surface area contributed by atoms with Gasteiger partial charge < -0.3 is 4.90 Å². The third-order valence-electron chi connectivity index (χ3n) is 3.05. The molecule has 0 radical (unpaired) electrons. The van der Waals surface area contributed by atoms with Gasteiger partial charge in [0.1, 0.15) is 0 Å². The van der Waals surface area contributed by atoms with Gasteiger partial charge in [-0.05, 0) is 7.05 Å². The van der Waals surface area contributed by atoms with Crippen molar-refractivity contribution in [1.82, 2.24) is 19.4 Å². The quantitative estimate of drug-likeness (QED) is 0.691. The molecule has 5 nitrogen and oxygen atoms in total. The molecule has 2 heterocycles. The van der Waals surface area contributed by atoms with Crippen LogP contribution < -0.4 is 5.56 Å². The summed E-state index contributed by atoms with van der Waals surface area (Å²) in [4.78, 5) is 20.1. The predicted octanol–water partition coefficient (Wildman–Crippen LogP) is -0.509. The maximum absolute atomic E-state index is 11.4. The molecule has 5 heteroatoms. The van der Waals surface area contributed by atoms with Crippen molar-refractivity contribution in [2.45, 2.75) is 6.54 Å². The number of aromatic nitrogens is 2. The molecule has 1 aliphatic heterocycles. The first-order valence-corrected chi connectivity index (χ1v) is 5.67. The molecular formula is C11H18N4O. The van der Waals surface area contributed by atoms with E-state index in [1.165, 1.54) is 12.3 Å². The van der Waals surface area contributed by atoms with Crippen molar-refractivity contribution in [2.75, 3.05) is 39.8 Å². The van der Waals surface area contributed by atoms with Crippen LogP contribution in [0.2, 0.25) is 0 Å². The summed E-state index contributed by atoms with van der Waals surface area (Å²) in [5.74, 6) is 0. The van der Waals surface area contributed by atoms with Gasteiger partial charge in [-0.1, -0.05) is 0 Å². The molecule has 0 saturated carbocycles. The molecule has 1 aliphatic rings. The standard InChI is InChI=1S/C11H18N4O/c1-13-4-6-14(7-5-13)8-9-15-10-12-3-2-11(15)16/h2-3,10H,4-9H2,1H3. The fourth-order valence-electron chi connectivity index (χ4n) is 1.87. The molecule has 0 unspecified atom stereocenters. The second-order valence-electron chi connectivity index (χ2n) is 4.26. The Hall–Kier alpha value is -1.20. The number of hydrogen-bond donors (Lipinski definition) is 0. The highest BCUT2D eigenvalue weighted by Crippen LogP contribution is 1.98. The maximum Gasteiger partial charge on any atom is 0.253 e. The van der Waals surface area contributed by atoms with E-state index in [4.69, 9.17) is 0 Å². The topological polar surface area (TPSA) is 41.4 Å². The van der Waals surface area contributed by atoms with Gasteiger partial charge in [-0.2, -0.15) is 0 Å². The normalized spacial score (nSPS) is 18.8. The molecular weight excluding hydrogens is 204 g/mol. The summed E-state index contributed by atoms with van der Waals surface area (Å²) in [7, 11) is 2.14. The predicted molar refractivity (Wildman–Crippen MR) is 62.4 cm³/mol. The Kier molecular flexibility index (Phi) is 3.69. The molecule has 1 fully saturated rings. The Labute approximate surface area is 95.3 Å². The highest BCUT2D eigenvalue weighted by atomic mass is 16.1. The molecule has 88 valence electrons. The van der Waals surface area contributed by atoms with Crippen LogP contribution in [0.1, 0.15) is 0 Å². The molecule has 1 aromatic rings. The summed E-state index contributed by atoms with van der Waals surface area (Å²) in [5, 5.41) is 0. The van der Waals surface area contributed by atoms with Gasteiger partial charge in [-0.15, -0.1) is 0 Å². The third-order valence-corrected chi connectivity index (χ3v) is 3.05. The zero-order valence-corrected chi connectivity index (χ0v) is 9.67. The summed E-state index contributed by atoms with van der Waals surface area (Å²) >= 11 is 0. The second kappa shape index (κ2) is 5.23. The fourth-order valence-corrected chi connectivity index (χ4v) is 1.87. The van der Waals surface area contributed by atoms with E-state index in [1.54, 1.807) is 10.9 Å². The lowest BCUT2D eigenvalue weighted by atomic mass is 10.3. The van der Waals surface area contributed by atoms with E-state index in [9.17, 15) is 4.79 Å². The van der Waals surface area contributed by atoms with Crippen LogP contribution >= 0.6 is 0 Å². The number of piperazine rings is 1. The molecule has 16 heavy (non-hydrogen) atoms. The third kappa shape index (κ3) is 2.90. The van der Waals surface area contributed by atoms with Crippen LogP contribution in [-0.4, -0.2) is 59.1 Å². The van der Waals surface area contributed by atoms with E-state index in [1.807, 2.05) is 0 Å². The lowest BCUT2D eigenvalue weighted by Crippen LogP contribution is -2.45. The van der Waals surface area contributed by atoms with Gasteiger partial charge in [0, 0.05) is 51.5 Å². The van der Waals surface area contributed by atoms with Crippen molar-refractivity contribution in [3.63, 3.8) is 0 Å². The van der Waals surface area contributed by atoms with E-state index in [-0.39, 0.29) is 5.56 Å². The Bertz CT molecular complexity index is 382. The first-order chi connectivity index (χ1) is 7.75. The fraction of sp³-hybridized carbons (Fsp3) is 0.636. The van der Waals surface area contributed by atoms with Crippen LogP contribution in [-0.2, 0) is 6.54 Å². The van der Waals surface area contributed by atoms with Gasteiger partial charge in [0.25, 0.3) is 5.56 Å². The van der Waals surface area contributed by atoms with Crippen LogP contribution in [0.15, 0.2) is 23.4 Å². The highest BCUT2D eigenvalue weighted by molar-refractivity contribution is 4.82. The van der Waals surface area contributed by atoms with Crippen molar-refractivity contribution in [3.8, 4) is 0 Å².